The fraction of sp³-hybridized carbons (Fsp3) is 0. The zero-order valence-electron chi connectivity index (χ0n) is 2.46. The summed E-state index contributed by atoms with van der Waals surface area (Å²) in [6, 6.07) is 0. The molecule has 0 aliphatic carbocycles. The van der Waals surface area contributed by atoms with Gasteiger partial charge in [-0.25, -0.2) is 0 Å². The van der Waals surface area contributed by atoms with Crippen molar-refractivity contribution in [2.45, 2.75) is 0 Å². The van der Waals surface area contributed by atoms with Crippen molar-refractivity contribution in [3.05, 3.63) is 0 Å². The van der Waals surface area contributed by atoms with E-state index in [0.29, 0.717) is 0 Å². The van der Waals surface area contributed by atoms with Crippen LogP contribution in [0.2, 0.25) is 0 Å². The van der Waals surface area contributed by atoms with Gasteiger partial charge in [-0.2, -0.15) is 0 Å². The molecule has 0 aromatic rings. The molecule has 0 unspecified atom stereocenters. The summed E-state index contributed by atoms with van der Waals surface area (Å²) in [7, 11) is 0. The van der Waals surface area contributed by atoms with E-state index in [1.807, 2.05) is 0 Å². The van der Waals surface area contributed by atoms with E-state index in [1.165, 1.54) is 0 Å². The van der Waals surface area contributed by atoms with Crippen molar-refractivity contribution >= 4 is 109 Å². The number of hydrogen-bond acceptors (Lipinski definition) is 0. The van der Waals surface area contributed by atoms with Crippen molar-refractivity contribution in [3.63, 3.8) is 0 Å². The molecule has 4 heavy (non-hydrogen) atoms. The Bertz CT molecular complexity index is 8.00. The zero-order valence-corrected chi connectivity index (χ0v) is 16.2. The van der Waals surface area contributed by atoms with Crippen LogP contribution in [0.15, 0.2) is 0 Å². The molecule has 0 aliphatic heterocycles. The van der Waals surface area contributed by atoms with E-state index in [1.54, 1.807) is 0 Å². The molecule has 0 amide bonds. The topological polar surface area (TPSA) is 0 Å². The Labute approximate surface area is 136 Å². The maximum Gasteiger partial charge on any atom is 0 e. The summed E-state index contributed by atoms with van der Waals surface area (Å²) >= 11 is 0. The third-order valence-electron chi connectivity index (χ3n) is 0. The number of rotatable bonds is 0. The molecule has 0 bridgehead atoms. The summed E-state index contributed by atoms with van der Waals surface area (Å²) in [5, 5.41) is 0. The standard InChI is InChI=1S/Cl.Cs.Pb.Y. The van der Waals surface area contributed by atoms with Gasteiger partial charge >= 0.3 is 0 Å². The second-order valence-electron chi connectivity index (χ2n) is 0. The molecule has 0 atom stereocenters. The van der Waals surface area contributed by atoms with Crippen LogP contribution in [0.3, 0.4) is 0 Å². The maximum atomic E-state index is 0. The van der Waals surface area contributed by atoms with Crippen LogP contribution in [-0.2, 0) is 32.7 Å². The molecule has 0 nitrogen and oxygen atoms in total. The first-order valence-electron chi connectivity index (χ1n) is 0. The second-order valence-corrected chi connectivity index (χ2v) is 0. The van der Waals surface area contributed by atoms with Crippen molar-refractivity contribution in [2.24, 2.45) is 0 Å². The smallest absolute Gasteiger partial charge is 0 e. The molecule has 7 radical (unpaired) electrons. The molecule has 0 aliphatic rings. The van der Waals surface area contributed by atoms with Crippen LogP contribution in [0.5, 0.6) is 0 Å². The van der Waals surface area contributed by atoms with Crippen LogP contribution in [0, 0.1) is 0 Å². The van der Waals surface area contributed by atoms with Gasteiger partial charge < -0.3 is 0 Å². The van der Waals surface area contributed by atoms with E-state index in [2.05, 4.69) is 0 Å². The average molecular weight is 464 g/mol. The summed E-state index contributed by atoms with van der Waals surface area (Å²) in [5.74, 6) is 0. The van der Waals surface area contributed by atoms with E-state index in [-0.39, 0.29) is 141 Å². The van der Waals surface area contributed by atoms with Gasteiger partial charge in [0.1, 0.15) is 0 Å². The number of hydrogen-bond donors (Lipinski definition) is 0. The summed E-state index contributed by atoms with van der Waals surface area (Å²) < 4.78 is 0. The van der Waals surface area contributed by atoms with Crippen LogP contribution in [0.1, 0.15) is 0 Å². The van der Waals surface area contributed by atoms with Crippen LogP contribution in [0.25, 0.3) is 0 Å². The van der Waals surface area contributed by atoms with Gasteiger partial charge in [0.05, 0.1) is 0 Å². The molecule has 0 fully saturated rings. The first kappa shape index (κ1) is 23.8. The molecule has 0 heterocycles. The predicted octanol–water partition coefficient (Wildman–Crippen LogP) is -0.0746. The Morgan fingerprint density at radius 3 is 1.00 bits per heavy atom. The van der Waals surface area contributed by atoms with Gasteiger partial charge in [-0.3, -0.25) is 0 Å². The van der Waals surface area contributed by atoms with Crippen molar-refractivity contribution in [2.75, 3.05) is 0 Å². The van der Waals surface area contributed by atoms with Crippen molar-refractivity contribution in [1.29, 1.82) is 0 Å². The minimum absolute atomic E-state index is 0. The molecule has 0 aromatic carbocycles. The van der Waals surface area contributed by atoms with Gasteiger partial charge in [0.15, 0.2) is 0 Å². The molecule has 0 N–H and O–H groups in total. The van der Waals surface area contributed by atoms with Gasteiger partial charge in [-0.05, 0) is 0 Å². The SMILES string of the molecule is [Cl].[Cs].[Pb].[Y]. The van der Waals surface area contributed by atoms with E-state index < -0.39 is 0 Å². The third-order valence-corrected chi connectivity index (χ3v) is 0. The van der Waals surface area contributed by atoms with Crippen molar-refractivity contribution in [3.8, 4) is 0 Å². The van der Waals surface area contributed by atoms with Gasteiger partial charge in [0.25, 0.3) is 0 Å². The summed E-state index contributed by atoms with van der Waals surface area (Å²) in [6.45, 7) is 0. The normalized spacial score (nSPS) is 0. The minimum Gasteiger partial charge on any atom is 0 e. The summed E-state index contributed by atoms with van der Waals surface area (Å²) in [4.78, 5) is 0. The monoisotopic (exact) mass is 465 g/mol. The van der Waals surface area contributed by atoms with Crippen molar-refractivity contribution in [1.82, 2.24) is 0 Å². The minimum atomic E-state index is 0. The van der Waals surface area contributed by atoms with E-state index in [0.717, 1.165) is 0 Å². The van der Waals surface area contributed by atoms with Crippen LogP contribution in [-0.4, -0.2) is 96.2 Å². The third kappa shape index (κ3) is 9.62. The fourth-order valence-corrected chi connectivity index (χ4v) is 0. The Morgan fingerprint density at radius 1 is 1.00 bits per heavy atom. The van der Waals surface area contributed by atoms with Gasteiger partial charge in [-0.15, -0.1) is 0 Å². The van der Waals surface area contributed by atoms with Crippen LogP contribution >= 0.6 is 12.4 Å². The Hall–Kier alpha value is 4.37. The molecular weight excluding hydrogens is 464 g/mol. The Kier molecular flexibility index (Phi) is 93.2. The second kappa shape index (κ2) is 15.7. The first-order chi connectivity index (χ1) is 0. The quantitative estimate of drug-likeness (QED) is 0.441. The molecular formula is ClCsPbY. The summed E-state index contributed by atoms with van der Waals surface area (Å²) in [6.07, 6.45) is 0. The maximum absolute atomic E-state index is 0. The predicted molar refractivity (Wildman–Crippen MR) is 17.4 cm³/mol. The zero-order chi connectivity index (χ0) is 0. The molecule has 15 valence electrons. The molecule has 0 spiro atoms. The van der Waals surface area contributed by atoms with Gasteiger partial charge in [-0.1, -0.05) is 0 Å². The van der Waals surface area contributed by atoms with Crippen LogP contribution in [0.4, 0.5) is 0 Å². The summed E-state index contributed by atoms with van der Waals surface area (Å²) in [5.41, 5.74) is 0. The van der Waals surface area contributed by atoms with E-state index >= 15 is 0 Å². The van der Waals surface area contributed by atoms with Gasteiger partial charge in [0, 0.05) is 141 Å². The molecule has 4 heteroatoms. The molecule has 0 aromatic heterocycles. The van der Waals surface area contributed by atoms with E-state index in [4.69, 9.17) is 0 Å². The van der Waals surface area contributed by atoms with Crippen molar-refractivity contribution < 1.29 is 32.7 Å². The molecule has 0 saturated carbocycles. The Morgan fingerprint density at radius 2 is 1.00 bits per heavy atom. The fourth-order valence-electron chi connectivity index (χ4n) is 0. The van der Waals surface area contributed by atoms with Gasteiger partial charge in [0.2, 0.25) is 0 Å². The molecule has 0 saturated heterocycles. The largest absolute Gasteiger partial charge is 0 e. The Balaban J connectivity index is 0. The average Bonchev–Trinajstić information content (AvgIpc) is 0. The van der Waals surface area contributed by atoms with Crippen LogP contribution < -0.4 is 0 Å². The molecule has 0 rings (SSSR count). The van der Waals surface area contributed by atoms with E-state index in [9.17, 15) is 0 Å². The number of halogens is 1. The first-order valence-corrected chi connectivity index (χ1v) is 0.